The molecule has 0 amide bonds. The highest BCUT2D eigenvalue weighted by Crippen LogP contribution is 2.34. The summed E-state index contributed by atoms with van der Waals surface area (Å²) < 4.78 is 77.6. The number of nitrogens with one attached hydrogen (secondary N) is 1. The normalized spacial score (nSPS) is 12.8. The highest BCUT2D eigenvalue weighted by molar-refractivity contribution is 5.85. The van der Waals surface area contributed by atoms with E-state index in [0.717, 1.165) is 37.1 Å². The maximum atomic E-state index is 12.9. The second-order valence-corrected chi connectivity index (χ2v) is 7.89. The molecular formula is C25H25ClF6N2O. The molecule has 3 rings (SSSR count). The van der Waals surface area contributed by atoms with Crippen LogP contribution in [0.5, 0.6) is 0 Å². The lowest BCUT2D eigenvalue weighted by Crippen LogP contribution is -2.22. The Labute approximate surface area is 205 Å². The largest absolute Gasteiger partial charge is 0.416 e. The van der Waals surface area contributed by atoms with Crippen molar-refractivity contribution in [1.82, 2.24) is 10.3 Å². The molecule has 1 heterocycles. The van der Waals surface area contributed by atoms with Crippen molar-refractivity contribution >= 4 is 12.4 Å². The van der Waals surface area contributed by atoms with Crippen LogP contribution in [-0.2, 0) is 12.4 Å². The zero-order chi connectivity index (χ0) is 24.9. The van der Waals surface area contributed by atoms with Crippen LogP contribution in [0.2, 0.25) is 0 Å². The van der Waals surface area contributed by atoms with Gasteiger partial charge in [-0.15, -0.1) is 12.4 Å². The molecule has 0 spiro atoms. The predicted octanol–water partition coefficient (Wildman–Crippen LogP) is 7.30. The van der Waals surface area contributed by atoms with Gasteiger partial charge in [0.25, 0.3) is 0 Å². The first-order valence-corrected chi connectivity index (χ1v) is 10.7. The Morgan fingerprint density at radius 3 is 1.60 bits per heavy atom. The van der Waals surface area contributed by atoms with E-state index in [2.05, 4.69) is 10.3 Å². The molecule has 0 radical (unpaired) electrons. The van der Waals surface area contributed by atoms with E-state index in [1.807, 2.05) is 6.92 Å². The number of nitrogens with zero attached hydrogens (tertiary/aromatic N) is 1. The van der Waals surface area contributed by atoms with Crippen molar-refractivity contribution < 1.29 is 31.4 Å². The third kappa shape index (κ3) is 7.68. The summed E-state index contributed by atoms with van der Waals surface area (Å²) in [5.41, 5.74) is 0.195. The molecule has 0 saturated heterocycles. The summed E-state index contributed by atoms with van der Waals surface area (Å²) in [5.74, 6) is 0. The first-order valence-electron chi connectivity index (χ1n) is 10.7. The van der Waals surface area contributed by atoms with Gasteiger partial charge < -0.3 is 10.4 Å². The molecule has 35 heavy (non-hydrogen) atoms. The number of pyridine rings is 1. The van der Waals surface area contributed by atoms with Crippen LogP contribution in [0.3, 0.4) is 0 Å². The summed E-state index contributed by atoms with van der Waals surface area (Å²) in [4.78, 5) is 4.46. The van der Waals surface area contributed by atoms with Gasteiger partial charge in [0.1, 0.15) is 0 Å². The van der Waals surface area contributed by atoms with Crippen LogP contribution in [0.25, 0.3) is 22.5 Å². The second kappa shape index (κ2) is 11.9. The van der Waals surface area contributed by atoms with Crippen molar-refractivity contribution in [2.75, 3.05) is 13.1 Å². The molecule has 3 nitrogen and oxygen atoms in total. The highest BCUT2D eigenvalue weighted by Gasteiger charge is 2.31. The Bertz CT molecular complexity index is 1010. The van der Waals surface area contributed by atoms with Gasteiger partial charge in [0.15, 0.2) is 0 Å². The van der Waals surface area contributed by atoms with Gasteiger partial charge in [-0.2, -0.15) is 26.3 Å². The van der Waals surface area contributed by atoms with Crippen molar-refractivity contribution in [3.05, 3.63) is 77.4 Å². The maximum Gasteiger partial charge on any atom is 0.416 e. The minimum Gasteiger partial charge on any atom is -0.387 e. The number of aliphatic hydroxyl groups excluding tert-OH is 1. The summed E-state index contributed by atoms with van der Waals surface area (Å²) in [6.45, 7) is 2.98. The Morgan fingerprint density at radius 1 is 0.800 bits per heavy atom. The third-order valence-electron chi connectivity index (χ3n) is 5.29. The van der Waals surface area contributed by atoms with E-state index in [4.69, 9.17) is 0 Å². The number of hydrogen-bond donors (Lipinski definition) is 2. The highest BCUT2D eigenvalue weighted by atomic mass is 35.5. The monoisotopic (exact) mass is 518 g/mol. The number of benzene rings is 2. The molecular weight excluding hydrogens is 494 g/mol. The van der Waals surface area contributed by atoms with Gasteiger partial charge in [-0.25, -0.2) is 4.98 Å². The van der Waals surface area contributed by atoms with Crippen LogP contribution in [0.15, 0.2) is 60.7 Å². The third-order valence-corrected chi connectivity index (χ3v) is 5.29. The van der Waals surface area contributed by atoms with Gasteiger partial charge in [-0.1, -0.05) is 37.6 Å². The number of aliphatic hydroxyl groups is 1. The quantitative estimate of drug-likeness (QED) is 0.243. The Kier molecular flexibility index (Phi) is 9.71. The smallest absolute Gasteiger partial charge is 0.387 e. The van der Waals surface area contributed by atoms with Crippen LogP contribution in [0, 0.1) is 0 Å². The second-order valence-electron chi connectivity index (χ2n) is 7.89. The van der Waals surface area contributed by atoms with Crippen LogP contribution >= 0.6 is 12.4 Å². The maximum absolute atomic E-state index is 12.9. The van der Waals surface area contributed by atoms with E-state index in [9.17, 15) is 31.4 Å². The fraction of sp³-hybridized carbons (Fsp3) is 0.320. The Balaban J connectivity index is 0.00000432. The molecule has 3 aromatic rings. The topological polar surface area (TPSA) is 45.1 Å². The molecule has 1 aromatic heterocycles. The Morgan fingerprint density at radius 2 is 1.23 bits per heavy atom. The number of hydrogen-bond acceptors (Lipinski definition) is 3. The van der Waals surface area contributed by atoms with Crippen LogP contribution in [-0.4, -0.2) is 23.2 Å². The van der Waals surface area contributed by atoms with Crippen molar-refractivity contribution in [2.45, 2.75) is 38.2 Å². The fourth-order valence-electron chi connectivity index (χ4n) is 3.36. The summed E-state index contributed by atoms with van der Waals surface area (Å²) in [7, 11) is 0. The number of unbranched alkanes of at least 4 members (excludes halogenated alkanes) is 1. The van der Waals surface area contributed by atoms with E-state index < -0.39 is 29.6 Å². The summed E-state index contributed by atoms with van der Waals surface area (Å²) in [5, 5.41) is 13.8. The lowest BCUT2D eigenvalue weighted by Gasteiger charge is -2.16. The number of alkyl halides is 6. The van der Waals surface area contributed by atoms with Gasteiger partial charge in [-0.05, 0) is 54.9 Å². The molecule has 0 bridgehead atoms. The lowest BCUT2D eigenvalue weighted by molar-refractivity contribution is -0.138. The number of rotatable bonds is 8. The van der Waals surface area contributed by atoms with E-state index in [0.29, 0.717) is 34.6 Å². The van der Waals surface area contributed by atoms with Crippen LogP contribution < -0.4 is 5.32 Å². The van der Waals surface area contributed by atoms with Crippen LogP contribution in [0.1, 0.15) is 42.6 Å². The average Bonchev–Trinajstić information content (AvgIpc) is 2.80. The van der Waals surface area contributed by atoms with Crippen molar-refractivity contribution in [3.8, 4) is 22.5 Å². The molecule has 0 saturated carbocycles. The van der Waals surface area contributed by atoms with E-state index in [1.165, 1.54) is 24.3 Å². The fourth-order valence-corrected chi connectivity index (χ4v) is 3.36. The summed E-state index contributed by atoms with van der Waals surface area (Å²) >= 11 is 0. The molecule has 1 unspecified atom stereocenters. The molecule has 2 N–H and O–H groups in total. The number of halogens is 7. The first-order chi connectivity index (χ1) is 16.0. The molecule has 0 fully saturated rings. The summed E-state index contributed by atoms with van der Waals surface area (Å²) in [6, 6.07) is 12.0. The van der Waals surface area contributed by atoms with Gasteiger partial charge in [0.05, 0.1) is 28.6 Å². The molecule has 2 aromatic carbocycles. The molecule has 1 atom stereocenters. The predicted molar refractivity (Wildman–Crippen MR) is 125 cm³/mol. The van der Waals surface area contributed by atoms with E-state index >= 15 is 0 Å². The lowest BCUT2D eigenvalue weighted by atomic mass is 10.0. The molecule has 0 aliphatic heterocycles. The molecule has 10 heteroatoms. The van der Waals surface area contributed by atoms with Gasteiger partial charge in [0, 0.05) is 17.7 Å². The number of aromatic nitrogens is 1. The van der Waals surface area contributed by atoms with Gasteiger partial charge in [0.2, 0.25) is 0 Å². The minimum atomic E-state index is -4.49. The zero-order valence-electron chi connectivity index (χ0n) is 18.7. The van der Waals surface area contributed by atoms with E-state index in [1.54, 1.807) is 12.1 Å². The summed E-state index contributed by atoms with van der Waals surface area (Å²) in [6.07, 6.45) is -8.01. The minimum absolute atomic E-state index is 0. The molecule has 190 valence electrons. The van der Waals surface area contributed by atoms with E-state index in [-0.39, 0.29) is 19.0 Å². The molecule has 0 aliphatic carbocycles. The standard InChI is InChI=1S/C25H24F6N2O.ClH/c1-2-3-12-32-15-23(34)18-13-21(16-4-8-19(9-5-16)24(26,27)28)33-22(14-18)17-6-10-20(11-7-17)25(29,30)31;/h4-11,13-14,23,32,34H,2-3,12,15H2,1H3;1H. The average molecular weight is 519 g/mol. The van der Waals surface area contributed by atoms with Crippen molar-refractivity contribution in [3.63, 3.8) is 0 Å². The van der Waals surface area contributed by atoms with Gasteiger partial charge >= 0.3 is 12.4 Å². The Hall–Kier alpha value is -2.62. The SMILES string of the molecule is CCCCNCC(O)c1cc(-c2ccc(C(F)(F)F)cc2)nc(-c2ccc(C(F)(F)F)cc2)c1.Cl. The van der Waals surface area contributed by atoms with Gasteiger partial charge in [-0.3, -0.25) is 0 Å². The van der Waals surface area contributed by atoms with Crippen LogP contribution in [0.4, 0.5) is 26.3 Å². The zero-order valence-corrected chi connectivity index (χ0v) is 19.6. The molecule has 0 aliphatic rings. The van der Waals surface area contributed by atoms with Crippen molar-refractivity contribution in [2.24, 2.45) is 0 Å². The first kappa shape index (κ1) is 28.6. The van der Waals surface area contributed by atoms with Crippen molar-refractivity contribution in [1.29, 1.82) is 0 Å².